The van der Waals surface area contributed by atoms with Gasteiger partial charge in [0.05, 0.1) is 5.92 Å². The maximum atomic E-state index is 12.0. The molecule has 1 aliphatic heterocycles. The van der Waals surface area contributed by atoms with Gasteiger partial charge < -0.3 is 9.64 Å². The van der Waals surface area contributed by atoms with Gasteiger partial charge in [0.25, 0.3) is 0 Å². The molecule has 1 saturated heterocycles. The smallest absolute Gasteiger partial charge is 0.410 e. The Morgan fingerprint density at radius 3 is 2.55 bits per heavy atom. The highest BCUT2D eigenvalue weighted by atomic mass is 35.5. The molecule has 1 heterocycles. The minimum absolute atomic E-state index is 0.129. The van der Waals surface area contributed by atoms with Gasteiger partial charge in [-0.05, 0) is 23.1 Å². The fourth-order valence-electron chi connectivity index (χ4n) is 2.50. The predicted molar refractivity (Wildman–Crippen MR) is 76.3 cm³/mol. The highest BCUT2D eigenvalue weighted by Crippen LogP contribution is 2.28. The van der Waals surface area contributed by atoms with Crippen LogP contribution in [0.3, 0.4) is 0 Å². The largest absolute Gasteiger partial charge is 0.445 e. The van der Waals surface area contributed by atoms with Crippen LogP contribution in [-0.2, 0) is 16.1 Å². The SMILES string of the molecule is CC[C@H]1CN(C(=O)OCc2ccccc2)C[C@@H]1C(=O)Cl. The van der Waals surface area contributed by atoms with Gasteiger partial charge in [0, 0.05) is 13.1 Å². The van der Waals surface area contributed by atoms with Gasteiger partial charge in [-0.2, -0.15) is 0 Å². The first-order valence-electron chi connectivity index (χ1n) is 6.76. The fourth-order valence-corrected chi connectivity index (χ4v) is 2.75. The highest BCUT2D eigenvalue weighted by molar-refractivity contribution is 6.64. The van der Waals surface area contributed by atoms with E-state index < -0.39 is 0 Å². The van der Waals surface area contributed by atoms with Crippen LogP contribution in [0.4, 0.5) is 4.79 Å². The molecule has 0 radical (unpaired) electrons. The van der Waals surface area contributed by atoms with Gasteiger partial charge in [0.2, 0.25) is 5.24 Å². The van der Waals surface area contributed by atoms with E-state index in [2.05, 4.69) is 0 Å². The Balaban J connectivity index is 1.89. The molecule has 0 saturated carbocycles. The molecule has 0 N–H and O–H groups in total. The van der Waals surface area contributed by atoms with E-state index in [-0.39, 0.29) is 29.8 Å². The van der Waals surface area contributed by atoms with Crippen LogP contribution in [0.2, 0.25) is 0 Å². The summed E-state index contributed by atoms with van der Waals surface area (Å²) in [7, 11) is 0. The Bertz CT molecular complexity index is 477. The molecule has 0 aliphatic carbocycles. The lowest BCUT2D eigenvalue weighted by atomic mass is 9.95. The minimum Gasteiger partial charge on any atom is -0.445 e. The summed E-state index contributed by atoms with van der Waals surface area (Å²) in [6.45, 7) is 3.13. The summed E-state index contributed by atoms with van der Waals surface area (Å²) in [6, 6.07) is 9.51. The molecule has 4 nitrogen and oxygen atoms in total. The molecule has 5 heteroatoms. The van der Waals surface area contributed by atoms with Crippen LogP contribution in [0.25, 0.3) is 0 Å². The molecule has 0 aromatic heterocycles. The lowest BCUT2D eigenvalue weighted by molar-refractivity contribution is -0.115. The van der Waals surface area contributed by atoms with Gasteiger partial charge in [0.1, 0.15) is 6.61 Å². The van der Waals surface area contributed by atoms with Crippen molar-refractivity contribution in [3.63, 3.8) is 0 Å². The van der Waals surface area contributed by atoms with Crippen LogP contribution in [0.15, 0.2) is 30.3 Å². The van der Waals surface area contributed by atoms with E-state index in [1.54, 1.807) is 4.90 Å². The number of halogens is 1. The minimum atomic E-state index is -0.382. The van der Waals surface area contributed by atoms with Gasteiger partial charge in [-0.15, -0.1) is 0 Å². The molecule has 108 valence electrons. The quantitative estimate of drug-likeness (QED) is 0.802. The van der Waals surface area contributed by atoms with E-state index in [0.717, 1.165) is 12.0 Å². The van der Waals surface area contributed by atoms with Crippen molar-refractivity contribution in [3.05, 3.63) is 35.9 Å². The number of rotatable bonds is 4. The Hall–Kier alpha value is -1.55. The van der Waals surface area contributed by atoms with Crippen LogP contribution in [0.5, 0.6) is 0 Å². The molecule has 2 rings (SSSR count). The molecule has 1 fully saturated rings. The number of carbonyl (C=O) groups excluding carboxylic acids is 2. The van der Waals surface area contributed by atoms with E-state index in [0.29, 0.717) is 13.1 Å². The molecule has 1 aliphatic rings. The second-order valence-corrected chi connectivity index (χ2v) is 5.40. The predicted octanol–water partition coefficient (Wildman–Crippen LogP) is 3.05. The third-order valence-electron chi connectivity index (χ3n) is 3.72. The Morgan fingerprint density at radius 1 is 1.30 bits per heavy atom. The number of nitrogens with zero attached hydrogens (tertiary/aromatic N) is 1. The van der Waals surface area contributed by atoms with Crippen molar-refractivity contribution in [3.8, 4) is 0 Å². The number of likely N-dealkylation sites (tertiary alicyclic amines) is 1. The summed E-state index contributed by atoms with van der Waals surface area (Å²) in [4.78, 5) is 24.9. The first-order chi connectivity index (χ1) is 9.61. The summed E-state index contributed by atoms with van der Waals surface area (Å²) >= 11 is 5.58. The average Bonchev–Trinajstić information content (AvgIpc) is 2.90. The van der Waals surface area contributed by atoms with Crippen molar-refractivity contribution < 1.29 is 14.3 Å². The first kappa shape index (κ1) is 14.9. The van der Waals surface area contributed by atoms with E-state index in [1.807, 2.05) is 37.3 Å². The summed E-state index contributed by atoms with van der Waals surface area (Å²) < 4.78 is 5.27. The second-order valence-electron chi connectivity index (χ2n) is 5.02. The highest BCUT2D eigenvalue weighted by Gasteiger charge is 2.38. The number of amides is 1. The summed E-state index contributed by atoms with van der Waals surface area (Å²) in [5.41, 5.74) is 0.942. The standard InChI is InChI=1S/C15H18ClNO3/c1-2-12-8-17(9-13(12)14(16)18)15(19)20-10-11-6-4-3-5-7-11/h3-7,12-13H,2,8-10H2,1H3/t12-,13-/m0/s1. The molecule has 0 spiro atoms. The Morgan fingerprint density at radius 2 is 2.00 bits per heavy atom. The number of hydrogen-bond donors (Lipinski definition) is 0. The molecule has 0 unspecified atom stereocenters. The molecule has 2 atom stereocenters. The van der Waals surface area contributed by atoms with E-state index >= 15 is 0 Å². The lowest BCUT2D eigenvalue weighted by Crippen LogP contribution is -2.30. The molecular formula is C15H18ClNO3. The lowest BCUT2D eigenvalue weighted by Gasteiger charge is -2.16. The number of benzene rings is 1. The van der Waals surface area contributed by atoms with E-state index in [9.17, 15) is 9.59 Å². The van der Waals surface area contributed by atoms with Crippen LogP contribution in [0.1, 0.15) is 18.9 Å². The van der Waals surface area contributed by atoms with E-state index in [4.69, 9.17) is 16.3 Å². The average molecular weight is 296 g/mol. The van der Waals surface area contributed by atoms with Gasteiger partial charge in [-0.1, -0.05) is 43.7 Å². The topological polar surface area (TPSA) is 46.6 Å². The van der Waals surface area contributed by atoms with Crippen molar-refractivity contribution in [1.82, 2.24) is 4.90 Å². The zero-order valence-corrected chi connectivity index (χ0v) is 12.2. The number of ether oxygens (including phenoxy) is 1. The zero-order valence-electron chi connectivity index (χ0n) is 11.4. The molecule has 1 amide bonds. The molecule has 1 aromatic rings. The van der Waals surface area contributed by atoms with E-state index in [1.165, 1.54) is 0 Å². The third kappa shape index (κ3) is 3.51. The summed E-state index contributed by atoms with van der Waals surface area (Å²) in [5.74, 6) is -0.143. The van der Waals surface area contributed by atoms with Crippen LogP contribution >= 0.6 is 11.6 Å². The fraction of sp³-hybridized carbons (Fsp3) is 0.467. The number of carbonyl (C=O) groups is 2. The van der Waals surface area contributed by atoms with Crippen molar-refractivity contribution in [2.75, 3.05) is 13.1 Å². The molecule has 0 bridgehead atoms. The number of hydrogen-bond acceptors (Lipinski definition) is 3. The zero-order chi connectivity index (χ0) is 14.5. The molecular weight excluding hydrogens is 278 g/mol. The maximum Gasteiger partial charge on any atom is 0.410 e. The monoisotopic (exact) mass is 295 g/mol. The van der Waals surface area contributed by atoms with Gasteiger partial charge >= 0.3 is 6.09 Å². The second kappa shape index (κ2) is 6.75. The van der Waals surface area contributed by atoms with Crippen LogP contribution < -0.4 is 0 Å². The maximum absolute atomic E-state index is 12.0. The molecule has 20 heavy (non-hydrogen) atoms. The van der Waals surface area contributed by atoms with Crippen molar-refractivity contribution >= 4 is 22.9 Å². The van der Waals surface area contributed by atoms with Crippen LogP contribution in [-0.4, -0.2) is 29.3 Å². The van der Waals surface area contributed by atoms with Gasteiger partial charge in [-0.3, -0.25) is 4.79 Å². The Kier molecular flexibility index (Phi) is 5.01. The van der Waals surface area contributed by atoms with Gasteiger partial charge in [-0.25, -0.2) is 4.79 Å². The summed E-state index contributed by atoms with van der Waals surface area (Å²) in [5, 5.41) is -0.366. The Labute approximate surface area is 123 Å². The van der Waals surface area contributed by atoms with Gasteiger partial charge in [0.15, 0.2) is 0 Å². The third-order valence-corrected chi connectivity index (χ3v) is 4.00. The van der Waals surface area contributed by atoms with Crippen molar-refractivity contribution in [2.45, 2.75) is 20.0 Å². The first-order valence-corrected chi connectivity index (χ1v) is 7.14. The van der Waals surface area contributed by atoms with Crippen molar-refractivity contribution in [1.29, 1.82) is 0 Å². The molecule has 1 aromatic carbocycles. The summed E-state index contributed by atoms with van der Waals surface area (Å²) in [6.07, 6.45) is 0.443. The van der Waals surface area contributed by atoms with Crippen LogP contribution in [0, 0.1) is 11.8 Å². The normalized spacial score (nSPS) is 21.8. The van der Waals surface area contributed by atoms with Crippen molar-refractivity contribution in [2.24, 2.45) is 11.8 Å².